The number of halogens is 1. The maximum Gasteiger partial charge on any atom is 0.0794 e. The van der Waals surface area contributed by atoms with Gasteiger partial charge in [0.1, 0.15) is 0 Å². The third kappa shape index (κ3) is 1.95. The summed E-state index contributed by atoms with van der Waals surface area (Å²) in [6, 6.07) is 0. The van der Waals surface area contributed by atoms with Crippen molar-refractivity contribution in [2.75, 3.05) is 11.5 Å². The van der Waals surface area contributed by atoms with Crippen LogP contribution < -0.4 is 0 Å². The Balaban J connectivity index is 1.95. The lowest BCUT2D eigenvalue weighted by Crippen LogP contribution is -2.13. The van der Waals surface area contributed by atoms with Crippen LogP contribution in [0.4, 0.5) is 0 Å². The van der Waals surface area contributed by atoms with Crippen LogP contribution in [0, 0.1) is 5.92 Å². The van der Waals surface area contributed by atoms with Crippen LogP contribution >= 0.6 is 34.7 Å². The molecule has 0 amide bonds. The van der Waals surface area contributed by atoms with Crippen LogP contribution in [-0.2, 0) is 6.42 Å². The van der Waals surface area contributed by atoms with Crippen molar-refractivity contribution in [1.29, 1.82) is 0 Å². The Kier molecular flexibility index (Phi) is 2.94. The molecule has 1 aromatic rings. The Bertz CT molecular complexity index is 237. The standard InChI is InChI=1S/C8H10ClNS2/c9-8-4-11-3-6(8)1-7-2-10-5-12-7/h2,5-6,8H,1,3-4H2. The molecule has 0 saturated carbocycles. The minimum Gasteiger partial charge on any atom is -0.253 e. The first-order valence-electron chi connectivity index (χ1n) is 3.95. The zero-order chi connectivity index (χ0) is 8.39. The molecule has 0 aromatic carbocycles. The summed E-state index contributed by atoms with van der Waals surface area (Å²) in [6.07, 6.45) is 3.07. The van der Waals surface area contributed by atoms with E-state index in [0.717, 1.165) is 12.2 Å². The largest absolute Gasteiger partial charge is 0.253 e. The zero-order valence-corrected chi connectivity index (χ0v) is 8.96. The van der Waals surface area contributed by atoms with Gasteiger partial charge in [-0.2, -0.15) is 11.8 Å². The molecule has 0 radical (unpaired) electrons. The molecule has 1 aliphatic heterocycles. The molecule has 4 heteroatoms. The monoisotopic (exact) mass is 219 g/mol. The number of hydrogen-bond acceptors (Lipinski definition) is 3. The molecule has 2 atom stereocenters. The lowest BCUT2D eigenvalue weighted by Gasteiger charge is -2.09. The number of aromatic nitrogens is 1. The second-order valence-corrected chi connectivity index (χ2v) is 5.59. The average molecular weight is 220 g/mol. The van der Waals surface area contributed by atoms with Gasteiger partial charge in [0.2, 0.25) is 0 Å². The Morgan fingerprint density at radius 2 is 2.50 bits per heavy atom. The summed E-state index contributed by atoms with van der Waals surface area (Å²) in [5.41, 5.74) is 1.89. The summed E-state index contributed by atoms with van der Waals surface area (Å²) in [5, 5.41) is 0.372. The molecule has 0 bridgehead atoms. The highest BCUT2D eigenvalue weighted by molar-refractivity contribution is 7.99. The van der Waals surface area contributed by atoms with Crippen LogP contribution in [0.15, 0.2) is 11.7 Å². The fourth-order valence-electron chi connectivity index (χ4n) is 1.36. The number of rotatable bonds is 2. The van der Waals surface area contributed by atoms with E-state index in [4.69, 9.17) is 11.6 Å². The molecule has 1 fully saturated rings. The number of thioether (sulfide) groups is 1. The van der Waals surface area contributed by atoms with Crippen molar-refractivity contribution in [3.8, 4) is 0 Å². The van der Waals surface area contributed by atoms with E-state index < -0.39 is 0 Å². The maximum atomic E-state index is 6.16. The summed E-state index contributed by atoms with van der Waals surface area (Å²) < 4.78 is 0. The van der Waals surface area contributed by atoms with E-state index in [9.17, 15) is 0 Å². The molecule has 1 aliphatic rings. The van der Waals surface area contributed by atoms with Crippen molar-refractivity contribution in [3.63, 3.8) is 0 Å². The first-order chi connectivity index (χ1) is 5.86. The van der Waals surface area contributed by atoms with E-state index in [1.165, 1.54) is 10.6 Å². The molecule has 66 valence electrons. The van der Waals surface area contributed by atoms with Crippen LogP contribution in [0.3, 0.4) is 0 Å². The van der Waals surface area contributed by atoms with Crippen molar-refractivity contribution in [3.05, 3.63) is 16.6 Å². The topological polar surface area (TPSA) is 12.9 Å². The number of nitrogens with zero attached hydrogens (tertiary/aromatic N) is 1. The lowest BCUT2D eigenvalue weighted by atomic mass is 10.0. The summed E-state index contributed by atoms with van der Waals surface area (Å²) in [6.45, 7) is 0. The van der Waals surface area contributed by atoms with E-state index >= 15 is 0 Å². The molecular formula is C8H10ClNS2. The van der Waals surface area contributed by atoms with Crippen LogP contribution in [0.25, 0.3) is 0 Å². The van der Waals surface area contributed by atoms with Crippen LogP contribution in [0.5, 0.6) is 0 Å². The number of alkyl halides is 1. The zero-order valence-electron chi connectivity index (χ0n) is 6.57. The van der Waals surface area contributed by atoms with E-state index in [0.29, 0.717) is 11.3 Å². The number of hydrogen-bond donors (Lipinski definition) is 0. The smallest absolute Gasteiger partial charge is 0.0794 e. The van der Waals surface area contributed by atoms with Gasteiger partial charge in [0.15, 0.2) is 0 Å². The predicted molar refractivity (Wildman–Crippen MR) is 56.3 cm³/mol. The Morgan fingerprint density at radius 3 is 3.08 bits per heavy atom. The maximum absolute atomic E-state index is 6.16. The molecular weight excluding hydrogens is 210 g/mol. The first-order valence-corrected chi connectivity index (χ1v) is 6.42. The highest BCUT2D eigenvalue weighted by Crippen LogP contribution is 2.31. The van der Waals surface area contributed by atoms with Gasteiger partial charge < -0.3 is 0 Å². The summed E-state index contributed by atoms with van der Waals surface area (Å²) in [7, 11) is 0. The molecule has 0 aliphatic carbocycles. The minimum atomic E-state index is 0.372. The van der Waals surface area contributed by atoms with Crippen molar-refractivity contribution < 1.29 is 0 Å². The van der Waals surface area contributed by atoms with Crippen molar-refractivity contribution in [1.82, 2.24) is 4.98 Å². The highest BCUT2D eigenvalue weighted by atomic mass is 35.5. The normalized spacial score (nSPS) is 29.4. The molecule has 0 N–H and O–H groups in total. The molecule has 1 aromatic heterocycles. The Hall–Kier alpha value is 0.270. The van der Waals surface area contributed by atoms with Crippen LogP contribution in [0.1, 0.15) is 4.88 Å². The number of thiazole rings is 1. The highest BCUT2D eigenvalue weighted by Gasteiger charge is 2.26. The first kappa shape index (κ1) is 8.85. The molecule has 12 heavy (non-hydrogen) atoms. The lowest BCUT2D eigenvalue weighted by molar-refractivity contribution is 0.608. The molecule has 1 nitrogen and oxygen atoms in total. The molecule has 0 spiro atoms. The second kappa shape index (κ2) is 3.99. The van der Waals surface area contributed by atoms with Gasteiger partial charge in [0.25, 0.3) is 0 Å². The van der Waals surface area contributed by atoms with Crippen molar-refractivity contribution >= 4 is 34.7 Å². The second-order valence-electron chi connectivity index (χ2n) is 2.99. The Morgan fingerprint density at radius 1 is 1.58 bits per heavy atom. The van der Waals surface area contributed by atoms with Crippen molar-refractivity contribution in [2.24, 2.45) is 5.92 Å². The summed E-state index contributed by atoms with van der Waals surface area (Å²) >= 11 is 9.86. The summed E-state index contributed by atoms with van der Waals surface area (Å²) in [4.78, 5) is 5.43. The molecule has 2 heterocycles. The van der Waals surface area contributed by atoms with Gasteiger partial charge in [-0.15, -0.1) is 22.9 Å². The predicted octanol–water partition coefficient (Wildman–Crippen LogP) is 2.66. The van der Waals surface area contributed by atoms with Crippen molar-refractivity contribution in [2.45, 2.75) is 11.8 Å². The van der Waals surface area contributed by atoms with Gasteiger partial charge in [-0.25, -0.2) is 0 Å². The third-order valence-electron chi connectivity index (χ3n) is 2.07. The quantitative estimate of drug-likeness (QED) is 0.710. The summed E-state index contributed by atoms with van der Waals surface area (Å²) in [5.74, 6) is 2.99. The van der Waals surface area contributed by atoms with Gasteiger partial charge >= 0.3 is 0 Å². The molecule has 1 saturated heterocycles. The van der Waals surface area contributed by atoms with Gasteiger partial charge in [0, 0.05) is 22.2 Å². The minimum absolute atomic E-state index is 0.372. The van der Waals surface area contributed by atoms with Gasteiger partial charge in [0.05, 0.1) is 5.51 Å². The fraction of sp³-hybridized carbons (Fsp3) is 0.625. The van der Waals surface area contributed by atoms with E-state index in [1.807, 2.05) is 23.5 Å². The Labute approximate surface area is 85.5 Å². The van der Waals surface area contributed by atoms with Crippen LogP contribution in [-0.4, -0.2) is 21.9 Å². The average Bonchev–Trinajstić information content (AvgIpc) is 2.65. The van der Waals surface area contributed by atoms with Crippen LogP contribution in [0.2, 0.25) is 0 Å². The molecule has 2 unspecified atom stereocenters. The van der Waals surface area contributed by atoms with Gasteiger partial charge in [-0.3, -0.25) is 4.98 Å². The molecule has 2 rings (SSSR count). The third-order valence-corrected chi connectivity index (χ3v) is 4.82. The van der Waals surface area contributed by atoms with E-state index in [-0.39, 0.29) is 0 Å². The fourth-order valence-corrected chi connectivity index (χ4v) is 3.89. The van der Waals surface area contributed by atoms with E-state index in [2.05, 4.69) is 4.98 Å². The SMILES string of the molecule is ClC1CSCC1Cc1cncs1. The van der Waals surface area contributed by atoms with Gasteiger partial charge in [-0.05, 0) is 18.1 Å². The van der Waals surface area contributed by atoms with Gasteiger partial charge in [-0.1, -0.05) is 0 Å². The van der Waals surface area contributed by atoms with E-state index in [1.54, 1.807) is 11.3 Å².